The zero-order chi connectivity index (χ0) is 18.2. The van der Waals surface area contributed by atoms with Crippen molar-refractivity contribution in [1.82, 2.24) is 0 Å². The number of carbonyl (C=O) groups excluding carboxylic acids is 1. The third-order valence-corrected chi connectivity index (χ3v) is 3.85. The number of amides is 1. The molecule has 25 heavy (non-hydrogen) atoms. The lowest BCUT2D eigenvalue weighted by molar-refractivity contribution is -0.118. The van der Waals surface area contributed by atoms with E-state index in [1.54, 1.807) is 30.3 Å². The summed E-state index contributed by atoms with van der Waals surface area (Å²) in [6, 6.07) is 12.3. The molecule has 7 heteroatoms. The van der Waals surface area contributed by atoms with Gasteiger partial charge in [0, 0.05) is 10.5 Å². The number of anilines is 1. The van der Waals surface area contributed by atoms with Gasteiger partial charge < -0.3 is 19.5 Å². The van der Waals surface area contributed by atoms with Crippen LogP contribution < -0.4 is 19.5 Å². The summed E-state index contributed by atoms with van der Waals surface area (Å²) in [5.41, 5.74) is 0.985. The summed E-state index contributed by atoms with van der Waals surface area (Å²) in [7, 11) is 1.53. The van der Waals surface area contributed by atoms with Gasteiger partial charge in [0.1, 0.15) is 11.8 Å². The van der Waals surface area contributed by atoms with E-state index in [4.69, 9.17) is 19.5 Å². The molecular formula is C18H17BrN2O4. The lowest BCUT2D eigenvalue weighted by Crippen LogP contribution is -2.20. The lowest BCUT2D eigenvalue weighted by atomic mass is 10.2. The maximum atomic E-state index is 12.1. The number of carbonyl (C=O) groups is 1. The molecule has 0 aliphatic rings. The van der Waals surface area contributed by atoms with Gasteiger partial charge in [-0.3, -0.25) is 4.79 Å². The second-order valence-corrected chi connectivity index (χ2v) is 5.72. The van der Waals surface area contributed by atoms with Crippen molar-refractivity contribution in [1.29, 1.82) is 5.26 Å². The monoisotopic (exact) mass is 404 g/mol. The van der Waals surface area contributed by atoms with E-state index >= 15 is 0 Å². The quantitative estimate of drug-likeness (QED) is 0.759. The summed E-state index contributed by atoms with van der Waals surface area (Å²) in [5.74, 6) is 1.01. The Hall–Kier alpha value is -2.72. The van der Waals surface area contributed by atoms with Gasteiger partial charge in [-0.1, -0.05) is 12.1 Å². The fourth-order valence-corrected chi connectivity index (χ4v) is 2.49. The van der Waals surface area contributed by atoms with Crippen molar-refractivity contribution in [3.63, 3.8) is 0 Å². The minimum atomic E-state index is -0.340. The Labute approximate surface area is 154 Å². The Morgan fingerprint density at radius 2 is 1.92 bits per heavy atom. The van der Waals surface area contributed by atoms with Gasteiger partial charge >= 0.3 is 0 Å². The molecule has 0 aliphatic carbocycles. The van der Waals surface area contributed by atoms with Crippen molar-refractivity contribution in [3.8, 4) is 23.3 Å². The van der Waals surface area contributed by atoms with Crippen LogP contribution in [0.4, 0.5) is 5.69 Å². The van der Waals surface area contributed by atoms with Crippen molar-refractivity contribution in [3.05, 3.63) is 46.4 Å². The molecule has 2 aromatic rings. The van der Waals surface area contributed by atoms with E-state index in [1.807, 2.05) is 13.0 Å². The first kappa shape index (κ1) is 18.6. The maximum Gasteiger partial charge on any atom is 0.262 e. The number of methoxy groups -OCH3 is 1. The van der Waals surface area contributed by atoms with Crippen LogP contribution in [0.15, 0.2) is 40.9 Å². The molecule has 0 atom stereocenters. The largest absolute Gasteiger partial charge is 0.495 e. The Morgan fingerprint density at radius 3 is 2.60 bits per heavy atom. The molecule has 0 heterocycles. The van der Waals surface area contributed by atoms with Crippen LogP contribution in [0.2, 0.25) is 0 Å². The second-order valence-electron chi connectivity index (χ2n) is 4.86. The molecule has 0 bridgehead atoms. The molecule has 2 rings (SSSR count). The number of hydrogen-bond acceptors (Lipinski definition) is 5. The first-order valence-electron chi connectivity index (χ1n) is 7.51. The summed E-state index contributed by atoms with van der Waals surface area (Å²) in [6.07, 6.45) is 0. The second kappa shape index (κ2) is 8.94. The van der Waals surface area contributed by atoms with E-state index in [1.165, 1.54) is 7.11 Å². The Balaban J connectivity index is 2.09. The highest BCUT2D eigenvalue weighted by atomic mass is 79.9. The maximum absolute atomic E-state index is 12.1. The zero-order valence-electron chi connectivity index (χ0n) is 13.8. The van der Waals surface area contributed by atoms with Crippen LogP contribution in [0, 0.1) is 11.3 Å². The van der Waals surface area contributed by atoms with Crippen molar-refractivity contribution < 1.29 is 19.0 Å². The fraction of sp³-hybridized carbons (Fsp3) is 0.222. The molecule has 0 aliphatic heterocycles. The first-order valence-corrected chi connectivity index (χ1v) is 8.30. The number of hydrogen-bond donors (Lipinski definition) is 1. The zero-order valence-corrected chi connectivity index (χ0v) is 15.4. The molecule has 0 saturated heterocycles. The number of benzene rings is 2. The van der Waals surface area contributed by atoms with Gasteiger partial charge in [0.2, 0.25) is 0 Å². The number of ether oxygens (including phenoxy) is 3. The van der Waals surface area contributed by atoms with Crippen molar-refractivity contribution in [2.75, 3.05) is 25.6 Å². The highest BCUT2D eigenvalue weighted by Crippen LogP contribution is 2.33. The molecule has 0 fully saturated rings. The van der Waals surface area contributed by atoms with Crippen molar-refractivity contribution >= 4 is 27.5 Å². The van der Waals surface area contributed by atoms with Gasteiger partial charge in [0.15, 0.2) is 18.1 Å². The molecule has 0 radical (unpaired) electrons. The number of nitrogens with one attached hydrogen (secondary N) is 1. The molecule has 0 saturated carbocycles. The fourth-order valence-electron chi connectivity index (χ4n) is 2.08. The predicted molar refractivity (Wildman–Crippen MR) is 97.1 cm³/mol. The standard InChI is InChI=1S/C18H17BrN2O4/c1-3-24-16-8-12(10-20)13(19)9-17(16)25-11-18(22)21-14-6-4-5-7-15(14)23-2/h4-9H,3,11H2,1-2H3,(H,21,22). The molecule has 1 N–H and O–H groups in total. The van der Waals surface area contributed by atoms with E-state index < -0.39 is 0 Å². The lowest BCUT2D eigenvalue weighted by Gasteiger charge is -2.14. The van der Waals surface area contributed by atoms with Crippen LogP contribution >= 0.6 is 15.9 Å². The van der Waals surface area contributed by atoms with E-state index in [-0.39, 0.29) is 12.5 Å². The Morgan fingerprint density at radius 1 is 1.20 bits per heavy atom. The average Bonchev–Trinajstić information content (AvgIpc) is 2.62. The molecule has 130 valence electrons. The topological polar surface area (TPSA) is 80.6 Å². The van der Waals surface area contributed by atoms with Gasteiger partial charge in [0.05, 0.1) is 25.0 Å². The van der Waals surface area contributed by atoms with Crippen molar-refractivity contribution in [2.24, 2.45) is 0 Å². The number of nitrogens with zero attached hydrogens (tertiary/aromatic N) is 1. The predicted octanol–water partition coefficient (Wildman–Crippen LogP) is 3.75. The molecule has 0 spiro atoms. The smallest absolute Gasteiger partial charge is 0.262 e. The molecular weight excluding hydrogens is 388 g/mol. The normalized spacial score (nSPS) is 9.84. The van der Waals surface area contributed by atoms with Gasteiger partial charge in [-0.05, 0) is 41.1 Å². The van der Waals surface area contributed by atoms with Crippen molar-refractivity contribution in [2.45, 2.75) is 6.92 Å². The van der Waals surface area contributed by atoms with Crippen LogP contribution in [0.3, 0.4) is 0 Å². The molecule has 2 aromatic carbocycles. The van der Waals surface area contributed by atoms with Crippen LogP contribution in [-0.2, 0) is 4.79 Å². The highest BCUT2D eigenvalue weighted by Gasteiger charge is 2.13. The minimum Gasteiger partial charge on any atom is -0.495 e. The van der Waals surface area contributed by atoms with E-state index in [0.717, 1.165) is 0 Å². The van der Waals surface area contributed by atoms with E-state index in [2.05, 4.69) is 27.3 Å². The van der Waals surface area contributed by atoms with E-state index in [0.29, 0.717) is 39.6 Å². The number of rotatable bonds is 7. The highest BCUT2D eigenvalue weighted by molar-refractivity contribution is 9.10. The third-order valence-electron chi connectivity index (χ3n) is 3.19. The molecule has 0 unspecified atom stereocenters. The van der Waals surface area contributed by atoms with E-state index in [9.17, 15) is 4.79 Å². The van der Waals surface area contributed by atoms with Gasteiger partial charge in [0.25, 0.3) is 5.91 Å². The van der Waals surface area contributed by atoms with Gasteiger partial charge in [-0.2, -0.15) is 5.26 Å². The summed E-state index contributed by atoms with van der Waals surface area (Å²) in [6.45, 7) is 2.03. The van der Waals surface area contributed by atoms with Gasteiger partial charge in [-0.15, -0.1) is 0 Å². The summed E-state index contributed by atoms with van der Waals surface area (Å²) < 4.78 is 16.8. The van der Waals surface area contributed by atoms with Crippen LogP contribution in [-0.4, -0.2) is 26.2 Å². The Kier molecular flexibility index (Phi) is 6.66. The van der Waals surface area contributed by atoms with Crippen LogP contribution in [0.25, 0.3) is 0 Å². The summed E-state index contributed by atoms with van der Waals surface area (Å²) in [5, 5.41) is 11.8. The molecule has 1 amide bonds. The molecule has 0 aromatic heterocycles. The molecule has 6 nitrogen and oxygen atoms in total. The third kappa shape index (κ3) is 4.88. The van der Waals surface area contributed by atoms with Crippen LogP contribution in [0.1, 0.15) is 12.5 Å². The van der Waals surface area contributed by atoms with Crippen LogP contribution in [0.5, 0.6) is 17.2 Å². The number of halogens is 1. The Bertz CT molecular complexity index is 802. The number of para-hydroxylation sites is 2. The number of nitriles is 1. The average molecular weight is 405 g/mol. The summed E-state index contributed by atoms with van der Waals surface area (Å²) >= 11 is 3.30. The minimum absolute atomic E-state index is 0.212. The first-order chi connectivity index (χ1) is 12.1. The summed E-state index contributed by atoms with van der Waals surface area (Å²) in [4.78, 5) is 12.1. The van der Waals surface area contributed by atoms with Gasteiger partial charge in [-0.25, -0.2) is 0 Å². The SMILES string of the molecule is CCOc1cc(C#N)c(Br)cc1OCC(=O)Nc1ccccc1OC.